The molecule has 2 N–H and O–H groups in total. The normalized spacial score (nSPS) is 37.3. The van der Waals surface area contributed by atoms with Gasteiger partial charge >= 0.3 is 0 Å². The van der Waals surface area contributed by atoms with E-state index >= 15 is 0 Å². The number of hydrazone groups is 1. The van der Waals surface area contributed by atoms with Gasteiger partial charge in [0.1, 0.15) is 5.84 Å². The van der Waals surface area contributed by atoms with Gasteiger partial charge in [-0.05, 0) is 12.3 Å². The number of amidine groups is 1. The quantitative estimate of drug-likeness (QED) is 0.590. The Bertz CT molecular complexity index is 624. The average Bonchev–Trinajstić information content (AvgIpc) is 2.86. The first-order valence-corrected chi connectivity index (χ1v) is 6.85. The molecule has 0 aromatic heterocycles. The summed E-state index contributed by atoms with van der Waals surface area (Å²) in [4.78, 5) is 4.24. The maximum Gasteiger partial charge on any atom is 0.292 e. The lowest BCUT2D eigenvalue weighted by atomic mass is 9.62. The second kappa shape index (κ2) is 4.94. The fourth-order valence-corrected chi connectivity index (χ4v) is 3.75. The van der Waals surface area contributed by atoms with Gasteiger partial charge < -0.3 is 20.2 Å². The standard InChI is InChI=1S/C14H20N6O2/c1-9-6-10(19-20(2)3)12(7-15)11(17)18-14(21-4,22-5)13(9,12)8-16/h9H,6H2,1-5H3,(H2,17,18)/b19-10-/t9-,12-,13-/m0/s1. The molecule has 8 heteroatoms. The molecular formula is C14H20N6O2. The second-order valence-corrected chi connectivity index (χ2v) is 5.77. The lowest BCUT2D eigenvalue weighted by Gasteiger charge is -2.41. The minimum absolute atomic E-state index is 0.00481. The van der Waals surface area contributed by atoms with E-state index in [9.17, 15) is 10.5 Å². The smallest absolute Gasteiger partial charge is 0.292 e. The predicted molar refractivity (Wildman–Crippen MR) is 79.4 cm³/mol. The van der Waals surface area contributed by atoms with E-state index in [0.717, 1.165) is 0 Å². The van der Waals surface area contributed by atoms with Crippen LogP contribution in [0.5, 0.6) is 0 Å². The third kappa shape index (κ3) is 1.46. The summed E-state index contributed by atoms with van der Waals surface area (Å²) in [6.45, 7) is 1.86. The van der Waals surface area contributed by atoms with Crippen molar-refractivity contribution in [2.24, 2.45) is 32.6 Å². The zero-order valence-corrected chi connectivity index (χ0v) is 13.4. The summed E-state index contributed by atoms with van der Waals surface area (Å²) in [7, 11) is 6.27. The van der Waals surface area contributed by atoms with E-state index < -0.39 is 16.7 Å². The molecule has 0 bridgehead atoms. The Hall–Kier alpha value is -2.16. The number of fused-ring (bicyclic) bond motifs is 1. The number of aliphatic imine (C=N–C) groups is 1. The summed E-state index contributed by atoms with van der Waals surface area (Å²) in [5.74, 6) is -1.89. The van der Waals surface area contributed by atoms with Crippen molar-refractivity contribution in [1.82, 2.24) is 5.01 Å². The van der Waals surface area contributed by atoms with Crippen molar-refractivity contribution in [3.05, 3.63) is 0 Å². The highest BCUT2D eigenvalue weighted by Gasteiger charge is 2.80. The highest BCUT2D eigenvalue weighted by atomic mass is 16.7. The monoisotopic (exact) mass is 304 g/mol. The van der Waals surface area contributed by atoms with Crippen molar-refractivity contribution in [3.8, 4) is 12.1 Å². The third-order valence-corrected chi connectivity index (χ3v) is 4.63. The molecule has 1 aliphatic carbocycles. The minimum atomic E-state index is -1.62. The van der Waals surface area contributed by atoms with Gasteiger partial charge in [0.2, 0.25) is 0 Å². The molecule has 0 aromatic rings. The molecule has 0 aromatic carbocycles. The fraction of sp³-hybridized carbons (Fsp3) is 0.714. The van der Waals surface area contributed by atoms with Gasteiger partial charge in [-0.1, -0.05) is 6.92 Å². The lowest BCUT2D eigenvalue weighted by molar-refractivity contribution is -0.263. The molecule has 2 rings (SSSR count). The van der Waals surface area contributed by atoms with Gasteiger partial charge in [-0.25, -0.2) is 4.99 Å². The van der Waals surface area contributed by atoms with Crippen LogP contribution in [0.4, 0.5) is 0 Å². The summed E-state index contributed by atoms with van der Waals surface area (Å²) in [5, 5.41) is 25.9. The van der Waals surface area contributed by atoms with Crippen LogP contribution in [-0.4, -0.2) is 50.8 Å². The van der Waals surface area contributed by atoms with Gasteiger partial charge in [0, 0.05) is 28.3 Å². The topological polar surface area (TPSA) is 120 Å². The van der Waals surface area contributed by atoms with E-state index in [4.69, 9.17) is 15.2 Å². The first-order chi connectivity index (χ1) is 10.3. The van der Waals surface area contributed by atoms with E-state index in [0.29, 0.717) is 12.1 Å². The highest BCUT2D eigenvalue weighted by Crippen LogP contribution is 2.64. The summed E-state index contributed by atoms with van der Waals surface area (Å²) in [6.07, 6.45) is 0.435. The van der Waals surface area contributed by atoms with Crippen LogP contribution in [0.1, 0.15) is 13.3 Å². The van der Waals surface area contributed by atoms with Crippen molar-refractivity contribution < 1.29 is 9.47 Å². The van der Waals surface area contributed by atoms with Crippen molar-refractivity contribution in [1.29, 1.82) is 10.5 Å². The van der Waals surface area contributed by atoms with E-state index in [1.807, 2.05) is 6.92 Å². The Labute approximate surface area is 129 Å². The number of nitrogens with zero attached hydrogens (tertiary/aromatic N) is 5. The predicted octanol–water partition coefficient (Wildman–Crippen LogP) is 0.281. The zero-order valence-electron chi connectivity index (χ0n) is 13.4. The highest BCUT2D eigenvalue weighted by molar-refractivity contribution is 6.17. The van der Waals surface area contributed by atoms with Gasteiger partial charge in [0.05, 0.1) is 17.9 Å². The van der Waals surface area contributed by atoms with Crippen molar-refractivity contribution >= 4 is 11.5 Å². The number of ether oxygens (including phenoxy) is 2. The van der Waals surface area contributed by atoms with E-state index in [-0.39, 0.29) is 11.8 Å². The first kappa shape index (κ1) is 16.2. The number of methoxy groups -OCH3 is 2. The van der Waals surface area contributed by atoms with Crippen LogP contribution in [-0.2, 0) is 9.47 Å². The molecular weight excluding hydrogens is 284 g/mol. The van der Waals surface area contributed by atoms with Crippen molar-refractivity contribution in [3.63, 3.8) is 0 Å². The molecule has 1 heterocycles. The molecule has 1 aliphatic heterocycles. The third-order valence-electron chi connectivity index (χ3n) is 4.63. The molecule has 22 heavy (non-hydrogen) atoms. The average molecular weight is 304 g/mol. The molecule has 3 atom stereocenters. The Morgan fingerprint density at radius 3 is 2.32 bits per heavy atom. The summed E-state index contributed by atoms with van der Waals surface area (Å²) >= 11 is 0. The second-order valence-electron chi connectivity index (χ2n) is 5.77. The number of rotatable bonds is 3. The number of hydrogen-bond acceptors (Lipinski definition) is 8. The van der Waals surface area contributed by atoms with Gasteiger partial charge in [-0.3, -0.25) is 0 Å². The molecule has 0 saturated heterocycles. The Morgan fingerprint density at radius 2 is 1.91 bits per heavy atom. The number of nitriles is 2. The fourth-order valence-electron chi connectivity index (χ4n) is 3.75. The van der Waals surface area contributed by atoms with Crippen LogP contribution in [0.3, 0.4) is 0 Å². The van der Waals surface area contributed by atoms with Crippen LogP contribution in [0.15, 0.2) is 10.1 Å². The van der Waals surface area contributed by atoms with E-state index in [2.05, 4.69) is 22.2 Å². The van der Waals surface area contributed by atoms with Gasteiger partial charge in [-0.2, -0.15) is 15.6 Å². The summed E-state index contributed by atoms with van der Waals surface area (Å²) < 4.78 is 10.9. The molecule has 0 amide bonds. The minimum Gasteiger partial charge on any atom is -0.386 e. The molecule has 8 nitrogen and oxygen atoms in total. The van der Waals surface area contributed by atoms with E-state index in [1.165, 1.54) is 14.2 Å². The van der Waals surface area contributed by atoms with Crippen molar-refractivity contribution in [2.45, 2.75) is 19.3 Å². The van der Waals surface area contributed by atoms with Gasteiger partial charge in [-0.15, -0.1) is 0 Å². The van der Waals surface area contributed by atoms with Crippen LogP contribution in [0.2, 0.25) is 0 Å². The SMILES string of the molecule is COC1(OC)N=C(N)[C@]2(C#N)/C(=N\N(C)C)C[C@H](C)[C@]12C#N. The van der Waals surface area contributed by atoms with Crippen molar-refractivity contribution in [2.75, 3.05) is 28.3 Å². The Morgan fingerprint density at radius 1 is 1.32 bits per heavy atom. The van der Waals surface area contributed by atoms with E-state index in [1.54, 1.807) is 19.1 Å². The maximum absolute atomic E-state index is 10.0. The molecule has 1 saturated carbocycles. The van der Waals surface area contributed by atoms with Crippen LogP contribution < -0.4 is 5.73 Å². The Balaban J connectivity index is 2.86. The van der Waals surface area contributed by atoms with Crippen LogP contribution in [0.25, 0.3) is 0 Å². The van der Waals surface area contributed by atoms with Crippen LogP contribution in [0, 0.1) is 39.4 Å². The molecule has 1 fully saturated rings. The van der Waals surface area contributed by atoms with Crippen LogP contribution >= 0.6 is 0 Å². The lowest BCUT2D eigenvalue weighted by Crippen LogP contribution is -2.57. The summed E-state index contributed by atoms with van der Waals surface area (Å²) in [5.41, 5.74) is 3.75. The van der Waals surface area contributed by atoms with Gasteiger partial charge in [0.25, 0.3) is 5.91 Å². The maximum atomic E-state index is 10.0. The molecule has 0 unspecified atom stereocenters. The number of hydrogen-bond donors (Lipinski definition) is 1. The Kier molecular flexibility index (Phi) is 3.64. The summed E-state index contributed by atoms with van der Waals surface area (Å²) in [6, 6.07) is 4.44. The molecule has 2 aliphatic rings. The molecule has 0 spiro atoms. The number of nitrogens with two attached hydrogens (primary N) is 1. The molecule has 0 radical (unpaired) electrons. The van der Waals surface area contributed by atoms with Gasteiger partial charge in [0.15, 0.2) is 10.8 Å². The largest absolute Gasteiger partial charge is 0.386 e. The zero-order chi connectivity index (χ0) is 16.8. The first-order valence-electron chi connectivity index (χ1n) is 6.85. The molecule has 118 valence electrons.